The summed E-state index contributed by atoms with van der Waals surface area (Å²) in [5.41, 5.74) is -4.16. The fourth-order valence-corrected chi connectivity index (χ4v) is 1.07. The van der Waals surface area contributed by atoms with Crippen LogP contribution < -0.4 is 0 Å². The highest BCUT2D eigenvalue weighted by molar-refractivity contribution is 4.94. The van der Waals surface area contributed by atoms with Crippen molar-refractivity contribution in [3.05, 3.63) is 0 Å². The number of hydrogen-bond acceptors (Lipinski definition) is 2. The molecule has 0 aromatic rings. The molecular formula is C8H10F6O2. The van der Waals surface area contributed by atoms with Crippen LogP contribution in [0.5, 0.6) is 0 Å². The Labute approximate surface area is 87.5 Å². The molecule has 2 atom stereocenters. The second-order valence-electron chi connectivity index (χ2n) is 3.72. The molecule has 0 radical (unpaired) electrons. The van der Waals surface area contributed by atoms with Crippen LogP contribution in [-0.4, -0.2) is 36.8 Å². The summed E-state index contributed by atoms with van der Waals surface area (Å²) >= 11 is 0. The molecule has 0 spiro atoms. The lowest BCUT2D eigenvalue weighted by atomic mass is 10.1. The summed E-state index contributed by atoms with van der Waals surface area (Å²) in [7, 11) is 0. The van der Waals surface area contributed by atoms with E-state index >= 15 is 0 Å². The zero-order valence-corrected chi connectivity index (χ0v) is 8.45. The molecule has 2 nitrogen and oxygen atoms in total. The summed E-state index contributed by atoms with van der Waals surface area (Å²) in [4.78, 5) is 0. The second kappa shape index (κ2) is 3.76. The Hall–Kier alpha value is -0.500. The van der Waals surface area contributed by atoms with E-state index in [0.29, 0.717) is 0 Å². The van der Waals surface area contributed by atoms with Gasteiger partial charge in [-0.25, -0.2) is 0 Å². The molecule has 0 aromatic heterocycles. The Balaban J connectivity index is 2.86. The first-order chi connectivity index (χ1) is 6.99. The Morgan fingerprint density at radius 2 is 1.50 bits per heavy atom. The zero-order chi connectivity index (χ0) is 12.8. The smallest absolute Gasteiger partial charge is 0.370 e. The van der Waals surface area contributed by atoms with Crippen molar-refractivity contribution in [1.82, 2.24) is 0 Å². The van der Waals surface area contributed by atoms with Gasteiger partial charge in [0.15, 0.2) is 0 Å². The van der Waals surface area contributed by atoms with E-state index in [4.69, 9.17) is 0 Å². The van der Waals surface area contributed by atoms with Gasteiger partial charge in [0.25, 0.3) is 5.60 Å². The van der Waals surface area contributed by atoms with Crippen molar-refractivity contribution in [3.63, 3.8) is 0 Å². The SMILES string of the molecule is CC(OC(C)(C(F)(F)F)C(F)(F)F)C1CO1. The molecule has 0 amide bonds. The summed E-state index contributed by atoms with van der Waals surface area (Å²) in [6.07, 6.45) is -13.0. The van der Waals surface area contributed by atoms with Gasteiger partial charge in [0.1, 0.15) is 6.10 Å². The van der Waals surface area contributed by atoms with Crippen molar-refractivity contribution in [3.8, 4) is 0 Å². The highest BCUT2D eigenvalue weighted by atomic mass is 19.4. The van der Waals surface area contributed by atoms with E-state index in [2.05, 4.69) is 9.47 Å². The maximum absolute atomic E-state index is 12.4. The average Bonchev–Trinajstić information content (AvgIpc) is 2.80. The lowest BCUT2D eigenvalue weighted by molar-refractivity contribution is -0.382. The number of hydrogen-bond donors (Lipinski definition) is 0. The van der Waals surface area contributed by atoms with Gasteiger partial charge in [-0.2, -0.15) is 26.3 Å². The zero-order valence-electron chi connectivity index (χ0n) is 8.45. The first-order valence-electron chi connectivity index (χ1n) is 4.42. The van der Waals surface area contributed by atoms with E-state index in [-0.39, 0.29) is 13.5 Å². The van der Waals surface area contributed by atoms with Crippen LogP contribution in [0.25, 0.3) is 0 Å². The molecule has 16 heavy (non-hydrogen) atoms. The van der Waals surface area contributed by atoms with Gasteiger partial charge in [-0.15, -0.1) is 0 Å². The van der Waals surface area contributed by atoms with Crippen LogP contribution in [0.1, 0.15) is 13.8 Å². The highest BCUT2D eigenvalue weighted by Crippen LogP contribution is 2.46. The maximum Gasteiger partial charge on any atom is 0.426 e. The summed E-state index contributed by atoms with van der Waals surface area (Å²) in [6.45, 7) is 1.21. The second-order valence-corrected chi connectivity index (χ2v) is 3.72. The van der Waals surface area contributed by atoms with Gasteiger partial charge >= 0.3 is 12.4 Å². The minimum atomic E-state index is -5.52. The molecule has 0 aliphatic carbocycles. The normalized spacial score (nSPS) is 24.4. The molecule has 0 N–H and O–H groups in total. The summed E-state index contributed by atoms with van der Waals surface area (Å²) < 4.78 is 82.8. The van der Waals surface area contributed by atoms with E-state index in [0.717, 1.165) is 6.92 Å². The van der Waals surface area contributed by atoms with Crippen LogP contribution >= 0.6 is 0 Å². The van der Waals surface area contributed by atoms with Crippen molar-refractivity contribution < 1.29 is 35.8 Å². The molecule has 0 bridgehead atoms. The number of epoxide rings is 1. The molecule has 1 rings (SSSR count). The molecule has 0 aromatic carbocycles. The van der Waals surface area contributed by atoms with E-state index in [1.165, 1.54) is 0 Å². The van der Waals surface area contributed by atoms with Crippen LogP contribution in [0, 0.1) is 0 Å². The maximum atomic E-state index is 12.4. The first kappa shape index (κ1) is 13.6. The molecule has 1 heterocycles. The number of ether oxygens (including phenoxy) is 2. The van der Waals surface area contributed by atoms with Crippen molar-refractivity contribution >= 4 is 0 Å². The third-order valence-electron chi connectivity index (χ3n) is 2.39. The summed E-state index contributed by atoms with van der Waals surface area (Å²) in [5, 5.41) is 0. The van der Waals surface area contributed by atoms with Crippen LogP contribution in [0.2, 0.25) is 0 Å². The van der Waals surface area contributed by atoms with Gasteiger partial charge in [-0.05, 0) is 13.8 Å². The molecule has 1 fully saturated rings. The van der Waals surface area contributed by atoms with Gasteiger partial charge in [-0.3, -0.25) is 0 Å². The molecule has 96 valence electrons. The van der Waals surface area contributed by atoms with Crippen molar-refractivity contribution in [1.29, 1.82) is 0 Å². The van der Waals surface area contributed by atoms with Crippen LogP contribution in [0.15, 0.2) is 0 Å². The van der Waals surface area contributed by atoms with Gasteiger partial charge in [0, 0.05) is 0 Å². The highest BCUT2D eigenvalue weighted by Gasteiger charge is 2.70. The Morgan fingerprint density at radius 3 is 1.75 bits per heavy atom. The number of halogens is 6. The Kier molecular flexibility index (Phi) is 3.19. The van der Waals surface area contributed by atoms with Gasteiger partial charge < -0.3 is 9.47 Å². The molecule has 0 saturated carbocycles. The molecule has 8 heteroatoms. The lowest BCUT2D eigenvalue weighted by Gasteiger charge is -2.35. The van der Waals surface area contributed by atoms with Crippen LogP contribution in [0.3, 0.4) is 0 Å². The fraction of sp³-hybridized carbons (Fsp3) is 1.00. The van der Waals surface area contributed by atoms with Gasteiger partial charge in [0.2, 0.25) is 0 Å². The Bertz CT molecular complexity index is 240. The topological polar surface area (TPSA) is 21.8 Å². The van der Waals surface area contributed by atoms with Crippen LogP contribution in [0.4, 0.5) is 26.3 Å². The quantitative estimate of drug-likeness (QED) is 0.569. The molecule has 1 saturated heterocycles. The number of alkyl halides is 6. The van der Waals surface area contributed by atoms with E-state index in [1.807, 2.05) is 0 Å². The predicted molar refractivity (Wildman–Crippen MR) is 40.8 cm³/mol. The van der Waals surface area contributed by atoms with E-state index < -0.39 is 30.2 Å². The van der Waals surface area contributed by atoms with Crippen molar-refractivity contribution in [2.75, 3.05) is 6.61 Å². The lowest BCUT2D eigenvalue weighted by Crippen LogP contribution is -2.58. The van der Waals surface area contributed by atoms with E-state index in [9.17, 15) is 26.3 Å². The molecule has 1 aliphatic rings. The third-order valence-corrected chi connectivity index (χ3v) is 2.39. The van der Waals surface area contributed by atoms with Crippen molar-refractivity contribution in [2.45, 2.75) is 44.0 Å². The molecule has 2 unspecified atom stereocenters. The molecular weight excluding hydrogens is 242 g/mol. The minimum Gasteiger partial charge on any atom is -0.370 e. The monoisotopic (exact) mass is 252 g/mol. The van der Waals surface area contributed by atoms with Gasteiger partial charge in [0.05, 0.1) is 12.7 Å². The minimum absolute atomic E-state index is 0.0219. The largest absolute Gasteiger partial charge is 0.426 e. The van der Waals surface area contributed by atoms with Crippen LogP contribution in [-0.2, 0) is 9.47 Å². The summed E-state index contributed by atoms with van der Waals surface area (Å²) in [5.74, 6) is 0. The standard InChI is InChI=1S/C8H10F6O2/c1-4(5-3-15-5)16-6(2,7(9,10)11)8(12,13)14/h4-5H,3H2,1-2H3. The predicted octanol–water partition coefficient (Wildman–Crippen LogP) is 2.67. The third kappa shape index (κ3) is 2.42. The Morgan fingerprint density at radius 1 is 1.12 bits per heavy atom. The van der Waals surface area contributed by atoms with E-state index in [1.54, 1.807) is 0 Å². The first-order valence-corrected chi connectivity index (χ1v) is 4.42. The summed E-state index contributed by atoms with van der Waals surface area (Å²) in [6, 6.07) is 0. The molecule has 1 aliphatic heterocycles. The fourth-order valence-electron chi connectivity index (χ4n) is 1.07. The van der Waals surface area contributed by atoms with Gasteiger partial charge in [-0.1, -0.05) is 0 Å². The number of rotatable bonds is 3. The average molecular weight is 252 g/mol. The van der Waals surface area contributed by atoms with Crippen molar-refractivity contribution in [2.24, 2.45) is 0 Å².